The van der Waals surface area contributed by atoms with Crippen LogP contribution in [0, 0.1) is 0 Å². The van der Waals surface area contributed by atoms with Gasteiger partial charge in [-0.05, 0) is 36.6 Å². The minimum absolute atomic E-state index is 0.300. The van der Waals surface area contributed by atoms with E-state index in [1.54, 1.807) is 12.4 Å². The molecule has 3 aromatic rings. The van der Waals surface area contributed by atoms with Crippen LogP contribution in [-0.4, -0.2) is 40.1 Å². The van der Waals surface area contributed by atoms with Crippen LogP contribution in [0.4, 0.5) is 11.4 Å². The number of piperazine rings is 1. The van der Waals surface area contributed by atoms with E-state index < -0.39 is 0 Å². The van der Waals surface area contributed by atoms with E-state index in [0.29, 0.717) is 17.0 Å². The van der Waals surface area contributed by atoms with Crippen LogP contribution in [0.1, 0.15) is 24.1 Å². The second-order valence-corrected chi connectivity index (χ2v) is 7.89. The van der Waals surface area contributed by atoms with Crippen molar-refractivity contribution in [1.29, 1.82) is 0 Å². The highest BCUT2D eigenvalue weighted by Crippen LogP contribution is 2.40. The molecule has 138 valence electrons. The summed E-state index contributed by atoms with van der Waals surface area (Å²) in [5.74, 6) is 0. The van der Waals surface area contributed by atoms with Crippen molar-refractivity contribution in [2.24, 2.45) is 0 Å². The van der Waals surface area contributed by atoms with E-state index in [9.17, 15) is 0 Å². The Labute approximate surface area is 162 Å². The molecule has 0 radical (unpaired) electrons. The van der Waals surface area contributed by atoms with Crippen molar-refractivity contribution in [2.75, 3.05) is 30.3 Å². The first-order valence-corrected chi connectivity index (χ1v) is 9.64. The van der Waals surface area contributed by atoms with Gasteiger partial charge in [-0.3, -0.25) is 15.0 Å². The summed E-state index contributed by atoms with van der Waals surface area (Å²) in [6, 6.07) is 5.85. The maximum atomic E-state index is 6.54. The van der Waals surface area contributed by atoms with Gasteiger partial charge in [0.25, 0.3) is 0 Å². The largest absolute Gasteiger partial charge is 0.396 e. The number of nitrogens with two attached hydrogens (primary N) is 1. The minimum atomic E-state index is 0.300. The Hall–Kier alpha value is -2.44. The number of halogens is 1. The van der Waals surface area contributed by atoms with E-state index in [1.807, 2.05) is 24.4 Å². The SMILES string of the molecule is Nc1c(N2CCNC3(CC3)C2)ccnc1Cc1cc2nccnc2cc1Cl. The molecule has 0 unspecified atom stereocenters. The lowest BCUT2D eigenvalue weighted by Crippen LogP contribution is -2.52. The molecule has 0 bridgehead atoms. The van der Waals surface area contributed by atoms with Crippen LogP contribution in [0.3, 0.4) is 0 Å². The van der Waals surface area contributed by atoms with Crippen LogP contribution in [0.15, 0.2) is 36.8 Å². The normalized spacial score (nSPS) is 18.2. The molecule has 3 N–H and O–H groups in total. The summed E-state index contributed by atoms with van der Waals surface area (Å²) in [5.41, 5.74) is 12.1. The van der Waals surface area contributed by atoms with Crippen LogP contribution >= 0.6 is 11.6 Å². The summed E-state index contributed by atoms with van der Waals surface area (Å²) in [5, 5.41) is 4.30. The van der Waals surface area contributed by atoms with Gasteiger partial charge in [-0.2, -0.15) is 0 Å². The molecule has 3 heterocycles. The van der Waals surface area contributed by atoms with Crippen LogP contribution < -0.4 is 16.0 Å². The molecule has 0 atom stereocenters. The van der Waals surface area contributed by atoms with E-state index in [-0.39, 0.29) is 0 Å². The highest BCUT2D eigenvalue weighted by molar-refractivity contribution is 6.32. The molecule has 2 fully saturated rings. The molecule has 1 aromatic carbocycles. The highest BCUT2D eigenvalue weighted by atomic mass is 35.5. The smallest absolute Gasteiger partial charge is 0.0901 e. The molecule has 1 aliphatic carbocycles. The quantitative estimate of drug-likeness (QED) is 0.727. The zero-order chi connectivity index (χ0) is 18.4. The number of hydrogen-bond donors (Lipinski definition) is 2. The van der Waals surface area contributed by atoms with Crippen molar-refractivity contribution in [3.63, 3.8) is 0 Å². The van der Waals surface area contributed by atoms with Gasteiger partial charge in [-0.15, -0.1) is 0 Å². The molecule has 27 heavy (non-hydrogen) atoms. The van der Waals surface area contributed by atoms with Gasteiger partial charge in [0.05, 0.1) is 28.1 Å². The number of pyridine rings is 1. The third-order valence-electron chi connectivity index (χ3n) is 5.61. The van der Waals surface area contributed by atoms with E-state index in [4.69, 9.17) is 17.3 Å². The number of nitrogens with one attached hydrogen (secondary N) is 1. The van der Waals surface area contributed by atoms with Gasteiger partial charge in [-0.1, -0.05) is 11.6 Å². The Morgan fingerprint density at radius 2 is 1.89 bits per heavy atom. The van der Waals surface area contributed by atoms with Crippen LogP contribution in [0.2, 0.25) is 5.02 Å². The highest BCUT2D eigenvalue weighted by Gasteiger charge is 2.45. The maximum absolute atomic E-state index is 6.54. The van der Waals surface area contributed by atoms with Crippen molar-refractivity contribution < 1.29 is 0 Å². The zero-order valence-corrected chi connectivity index (χ0v) is 15.7. The standard InChI is InChI=1S/C20H21ClN6/c21-14-11-16-15(24-5-6-25-16)9-13(14)10-17-19(22)18(1-4-23-17)27-8-7-26-20(12-27)2-3-20/h1,4-6,9,11,26H,2-3,7-8,10,12,22H2. The number of fused-ring (bicyclic) bond motifs is 1. The number of nitrogen functional groups attached to an aromatic ring is 1. The van der Waals surface area contributed by atoms with Gasteiger partial charge in [0.15, 0.2) is 0 Å². The number of aromatic nitrogens is 3. The molecule has 0 amide bonds. The van der Waals surface area contributed by atoms with Gasteiger partial charge >= 0.3 is 0 Å². The minimum Gasteiger partial charge on any atom is -0.396 e. The summed E-state index contributed by atoms with van der Waals surface area (Å²) < 4.78 is 0. The Balaban J connectivity index is 1.47. The van der Waals surface area contributed by atoms with Crippen molar-refractivity contribution in [3.8, 4) is 0 Å². The predicted molar refractivity (Wildman–Crippen MR) is 108 cm³/mol. The number of nitrogens with zero attached hydrogens (tertiary/aromatic N) is 4. The first-order valence-electron chi connectivity index (χ1n) is 9.26. The maximum Gasteiger partial charge on any atom is 0.0901 e. The molecule has 2 aromatic heterocycles. The number of rotatable bonds is 3. The van der Waals surface area contributed by atoms with Gasteiger partial charge in [-0.25, -0.2) is 0 Å². The fourth-order valence-electron chi connectivity index (χ4n) is 3.91. The van der Waals surface area contributed by atoms with Crippen LogP contribution in [0.25, 0.3) is 11.0 Å². The van der Waals surface area contributed by atoms with Crippen molar-refractivity contribution >= 4 is 34.0 Å². The fourth-order valence-corrected chi connectivity index (χ4v) is 4.14. The van der Waals surface area contributed by atoms with E-state index >= 15 is 0 Å². The third kappa shape index (κ3) is 3.09. The van der Waals surface area contributed by atoms with E-state index in [2.05, 4.69) is 25.2 Å². The lowest BCUT2D eigenvalue weighted by atomic mass is 10.1. The Kier molecular flexibility index (Phi) is 3.91. The van der Waals surface area contributed by atoms with E-state index in [0.717, 1.165) is 53.3 Å². The molecule has 1 aliphatic heterocycles. The molecule has 1 spiro atoms. The summed E-state index contributed by atoms with van der Waals surface area (Å²) in [6.45, 7) is 2.96. The van der Waals surface area contributed by atoms with Crippen molar-refractivity contribution in [3.05, 3.63) is 53.1 Å². The molecular weight excluding hydrogens is 360 g/mol. The summed E-state index contributed by atoms with van der Waals surface area (Å²) in [7, 11) is 0. The molecule has 1 saturated heterocycles. The first-order chi connectivity index (χ1) is 13.1. The molecular formula is C20H21ClN6. The Morgan fingerprint density at radius 1 is 1.11 bits per heavy atom. The Morgan fingerprint density at radius 3 is 2.67 bits per heavy atom. The van der Waals surface area contributed by atoms with Gasteiger partial charge in [0.1, 0.15) is 0 Å². The number of hydrogen-bond acceptors (Lipinski definition) is 6. The molecule has 7 heteroatoms. The Bertz CT molecular complexity index is 1020. The van der Waals surface area contributed by atoms with Gasteiger partial charge in [0, 0.05) is 55.2 Å². The monoisotopic (exact) mass is 380 g/mol. The van der Waals surface area contributed by atoms with Gasteiger partial charge < -0.3 is 16.0 Å². The van der Waals surface area contributed by atoms with Gasteiger partial charge in [0.2, 0.25) is 0 Å². The third-order valence-corrected chi connectivity index (χ3v) is 5.97. The number of benzene rings is 1. The number of anilines is 2. The first kappa shape index (κ1) is 16.7. The lowest BCUT2D eigenvalue weighted by molar-refractivity contribution is 0.442. The van der Waals surface area contributed by atoms with Crippen molar-refractivity contribution in [1.82, 2.24) is 20.3 Å². The van der Waals surface area contributed by atoms with Crippen LogP contribution in [0.5, 0.6) is 0 Å². The average molecular weight is 381 g/mol. The molecule has 5 rings (SSSR count). The molecule has 6 nitrogen and oxygen atoms in total. The summed E-state index contributed by atoms with van der Waals surface area (Å²) in [6.07, 6.45) is 8.26. The van der Waals surface area contributed by atoms with Crippen molar-refractivity contribution in [2.45, 2.75) is 24.8 Å². The molecule has 1 saturated carbocycles. The second kappa shape index (κ2) is 6.32. The topological polar surface area (TPSA) is 80.0 Å². The predicted octanol–water partition coefficient (Wildman–Crippen LogP) is 2.79. The average Bonchev–Trinajstić information content (AvgIpc) is 3.42. The second-order valence-electron chi connectivity index (χ2n) is 7.48. The zero-order valence-electron chi connectivity index (χ0n) is 15.0. The summed E-state index contributed by atoms with van der Waals surface area (Å²) >= 11 is 6.48. The fraction of sp³-hybridized carbons (Fsp3) is 0.350. The van der Waals surface area contributed by atoms with Crippen LogP contribution in [-0.2, 0) is 6.42 Å². The lowest BCUT2D eigenvalue weighted by Gasteiger charge is -2.36. The molecule has 2 aliphatic rings. The summed E-state index contributed by atoms with van der Waals surface area (Å²) in [4.78, 5) is 15.6. The van der Waals surface area contributed by atoms with E-state index in [1.165, 1.54) is 12.8 Å².